The van der Waals surface area contributed by atoms with Crippen LogP contribution in [0.3, 0.4) is 0 Å². The first-order valence-electron chi connectivity index (χ1n) is 10.1. The second kappa shape index (κ2) is 7.26. The zero-order chi connectivity index (χ0) is 19.1. The first kappa shape index (κ1) is 18.5. The highest BCUT2D eigenvalue weighted by molar-refractivity contribution is 7.18. The van der Waals surface area contributed by atoms with E-state index in [0.29, 0.717) is 42.2 Å². The zero-order valence-electron chi connectivity index (χ0n) is 16.0. The fourth-order valence-electron chi connectivity index (χ4n) is 4.64. The van der Waals surface area contributed by atoms with Crippen LogP contribution < -0.4 is 11.2 Å². The van der Waals surface area contributed by atoms with Crippen LogP contribution in [-0.4, -0.2) is 26.9 Å². The fourth-order valence-corrected chi connectivity index (χ4v) is 5.89. The van der Waals surface area contributed by atoms with E-state index in [1.807, 2.05) is 11.8 Å². The van der Waals surface area contributed by atoms with Crippen LogP contribution >= 0.6 is 11.3 Å². The molecule has 1 aliphatic carbocycles. The SMILES string of the molecule is CCCn1c(=O)[nH]c2sc3c(c2c1=O)CCN(C(=O)[C@H]1CCC[C@@H](C)C1)C3. The summed E-state index contributed by atoms with van der Waals surface area (Å²) in [5, 5.41) is 0.654. The molecule has 7 heteroatoms. The van der Waals surface area contributed by atoms with Gasteiger partial charge in [-0.3, -0.25) is 19.1 Å². The van der Waals surface area contributed by atoms with Crippen molar-refractivity contribution in [3.63, 3.8) is 0 Å². The average Bonchev–Trinajstić information content (AvgIpc) is 3.01. The molecule has 1 saturated carbocycles. The topological polar surface area (TPSA) is 75.2 Å². The second-order valence-electron chi connectivity index (χ2n) is 8.07. The number of amides is 1. The summed E-state index contributed by atoms with van der Waals surface area (Å²) in [5.74, 6) is 1.03. The highest BCUT2D eigenvalue weighted by Crippen LogP contribution is 2.35. The predicted octanol–water partition coefficient (Wildman–Crippen LogP) is 2.87. The molecule has 3 heterocycles. The number of hydrogen-bond donors (Lipinski definition) is 1. The van der Waals surface area contributed by atoms with Crippen molar-refractivity contribution < 1.29 is 4.79 Å². The van der Waals surface area contributed by atoms with Gasteiger partial charge in [0.05, 0.1) is 11.9 Å². The number of fused-ring (bicyclic) bond motifs is 3. The Morgan fingerprint density at radius 1 is 1.30 bits per heavy atom. The molecular weight excluding hydrogens is 362 g/mol. The average molecular weight is 390 g/mol. The van der Waals surface area contributed by atoms with Gasteiger partial charge < -0.3 is 4.90 Å². The molecule has 1 amide bonds. The molecule has 146 valence electrons. The number of thiophene rings is 1. The van der Waals surface area contributed by atoms with E-state index in [1.165, 1.54) is 22.3 Å². The predicted molar refractivity (Wildman–Crippen MR) is 107 cm³/mol. The summed E-state index contributed by atoms with van der Waals surface area (Å²) >= 11 is 1.46. The maximum Gasteiger partial charge on any atom is 0.329 e. The number of carbonyl (C=O) groups is 1. The Morgan fingerprint density at radius 3 is 2.85 bits per heavy atom. The lowest BCUT2D eigenvalue weighted by molar-refractivity contribution is -0.138. The maximum atomic E-state index is 13.0. The van der Waals surface area contributed by atoms with Gasteiger partial charge >= 0.3 is 5.69 Å². The van der Waals surface area contributed by atoms with Crippen LogP contribution in [0.15, 0.2) is 9.59 Å². The van der Waals surface area contributed by atoms with Crippen LogP contribution in [0.2, 0.25) is 0 Å². The summed E-state index contributed by atoms with van der Waals surface area (Å²) in [4.78, 5) is 44.6. The highest BCUT2D eigenvalue weighted by Gasteiger charge is 2.32. The fraction of sp³-hybridized carbons (Fsp3) is 0.650. The molecule has 2 aliphatic rings. The molecule has 1 fully saturated rings. The van der Waals surface area contributed by atoms with E-state index in [4.69, 9.17) is 0 Å². The third kappa shape index (κ3) is 3.26. The van der Waals surface area contributed by atoms with E-state index < -0.39 is 0 Å². The van der Waals surface area contributed by atoms with Crippen molar-refractivity contribution in [2.45, 2.75) is 65.5 Å². The van der Waals surface area contributed by atoms with E-state index in [9.17, 15) is 14.4 Å². The van der Waals surface area contributed by atoms with Gasteiger partial charge in [0.2, 0.25) is 5.91 Å². The summed E-state index contributed by atoms with van der Waals surface area (Å²) in [7, 11) is 0. The van der Waals surface area contributed by atoms with Crippen LogP contribution in [0.5, 0.6) is 0 Å². The van der Waals surface area contributed by atoms with E-state index in [-0.39, 0.29) is 23.1 Å². The third-order valence-corrected chi connectivity index (χ3v) is 7.16. The molecule has 0 saturated heterocycles. The molecule has 4 rings (SSSR count). The van der Waals surface area contributed by atoms with Crippen molar-refractivity contribution in [1.29, 1.82) is 0 Å². The van der Waals surface area contributed by atoms with Crippen molar-refractivity contribution in [2.24, 2.45) is 11.8 Å². The van der Waals surface area contributed by atoms with E-state index in [2.05, 4.69) is 11.9 Å². The molecule has 2 aromatic heterocycles. The Labute approximate surface area is 162 Å². The first-order valence-corrected chi connectivity index (χ1v) is 10.9. The van der Waals surface area contributed by atoms with Crippen molar-refractivity contribution in [3.05, 3.63) is 31.3 Å². The normalized spacial score (nSPS) is 22.8. The summed E-state index contributed by atoms with van der Waals surface area (Å²) in [5.41, 5.74) is 0.508. The number of rotatable bonds is 3. The number of carbonyl (C=O) groups excluding carboxylic acids is 1. The Hall–Kier alpha value is -1.89. The lowest BCUT2D eigenvalue weighted by atomic mass is 9.81. The third-order valence-electron chi connectivity index (χ3n) is 6.03. The summed E-state index contributed by atoms with van der Waals surface area (Å²) in [6, 6.07) is 0. The Kier molecular flexibility index (Phi) is 4.97. The number of nitrogens with zero attached hydrogens (tertiary/aromatic N) is 2. The number of H-pyrrole nitrogens is 1. The molecule has 0 spiro atoms. The van der Waals surface area contributed by atoms with Gasteiger partial charge in [0, 0.05) is 23.9 Å². The summed E-state index contributed by atoms with van der Waals surface area (Å²) < 4.78 is 1.30. The number of aromatic nitrogens is 2. The first-order chi connectivity index (χ1) is 13.0. The molecule has 6 nitrogen and oxygen atoms in total. The smallest absolute Gasteiger partial charge is 0.329 e. The highest BCUT2D eigenvalue weighted by atomic mass is 32.1. The molecule has 0 unspecified atom stereocenters. The standard InChI is InChI=1S/C20H27N3O3S/c1-3-8-23-19(25)16-14-7-9-22(11-15(14)27-17(16)21-20(23)26)18(24)13-6-4-5-12(2)10-13/h12-13H,3-11H2,1-2H3,(H,21,26)/t12-,13+/m1/s1. The number of hydrogen-bond acceptors (Lipinski definition) is 4. The molecule has 2 atom stereocenters. The Morgan fingerprint density at radius 2 is 2.11 bits per heavy atom. The van der Waals surface area contributed by atoms with Crippen LogP contribution in [0, 0.1) is 11.8 Å². The molecule has 1 N–H and O–H groups in total. The van der Waals surface area contributed by atoms with Crippen molar-refractivity contribution in [1.82, 2.24) is 14.5 Å². The van der Waals surface area contributed by atoms with E-state index in [1.54, 1.807) is 0 Å². The van der Waals surface area contributed by atoms with Gasteiger partial charge in [-0.15, -0.1) is 11.3 Å². The summed E-state index contributed by atoms with van der Waals surface area (Å²) in [6.07, 6.45) is 5.77. The largest absolute Gasteiger partial charge is 0.337 e. The lowest BCUT2D eigenvalue weighted by Gasteiger charge is -2.33. The molecule has 0 radical (unpaired) electrons. The second-order valence-corrected chi connectivity index (χ2v) is 9.18. The number of nitrogens with one attached hydrogen (secondary N) is 1. The van der Waals surface area contributed by atoms with Crippen LogP contribution in [0.1, 0.15) is 56.4 Å². The van der Waals surface area contributed by atoms with Gasteiger partial charge in [-0.1, -0.05) is 26.7 Å². The Balaban J connectivity index is 1.64. The molecule has 0 bridgehead atoms. The van der Waals surface area contributed by atoms with Gasteiger partial charge in [-0.2, -0.15) is 0 Å². The maximum absolute atomic E-state index is 13.0. The minimum Gasteiger partial charge on any atom is -0.337 e. The van der Waals surface area contributed by atoms with Crippen molar-refractivity contribution >= 4 is 27.5 Å². The Bertz CT molecular complexity index is 987. The minimum atomic E-state index is -0.336. The molecule has 27 heavy (non-hydrogen) atoms. The lowest BCUT2D eigenvalue weighted by Crippen LogP contribution is -2.41. The van der Waals surface area contributed by atoms with Gasteiger partial charge in [0.1, 0.15) is 4.83 Å². The monoisotopic (exact) mass is 389 g/mol. The van der Waals surface area contributed by atoms with Gasteiger partial charge in [0.25, 0.3) is 5.56 Å². The van der Waals surface area contributed by atoms with E-state index in [0.717, 1.165) is 36.1 Å². The van der Waals surface area contributed by atoms with Crippen molar-refractivity contribution in [3.8, 4) is 0 Å². The number of aromatic amines is 1. The minimum absolute atomic E-state index is 0.145. The molecular formula is C20H27N3O3S. The van der Waals surface area contributed by atoms with Crippen molar-refractivity contribution in [2.75, 3.05) is 6.54 Å². The van der Waals surface area contributed by atoms with Crippen LogP contribution in [0.25, 0.3) is 10.2 Å². The zero-order valence-corrected chi connectivity index (χ0v) is 16.9. The quantitative estimate of drug-likeness (QED) is 0.877. The molecule has 1 aliphatic heterocycles. The van der Waals surface area contributed by atoms with Gasteiger partial charge in [-0.05, 0) is 37.2 Å². The van der Waals surface area contributed by atoms with E-state index >= 15 is 0 Å². The molecule has 0 aromatic carbocycles. The van der Waals surface area contributed by atoms with Gasteiger partial charge in [-0.25, -0.2) is 4.79 Å². The van der Waals surface area contributed by atoms with Gasteiger partial charge in [0.15, 0.2) is 0 Å². The molecule has 2 aromatic rings. The summed E-state index contributed by atoms with van der Waals surface area (Å²) in [6.45, 7) is 5.84. The van der Waals surface area contributed by atoms with Crippen LogP contribution in [0.4, 0.5) is 0 Å². The van der Waals surface area contributed by atoms with Crippen LogP contribution in [-0.2, 0) is 24.3 Å².